The standard InChI is InChI=1S/C22H15ClN4O2/c23-16-11-12-24-17(13-16)25-21(28)19-18(14-7-3-1-4-8-14)20(26-27-22(19)29)15-9-5-2-6-10-15/h1-13H,(H,27,29)(H,24,25,28). The summed E-state index contributed by atoms with van der Waals surface area (Å²) in [6.45, 7) is 0. The average Bonchev–Trinajstić information content (AvgIpc) is 2.74. The number of pyridine rings is 1. The Morgan fingerprint density at radius 3 is 2.24 bits per heavy atom. The van der Waals surface area contributed by atoms with Crippen molar-refractivity contribution in [2.24, 2.45) is 0 Å². The third-order valence-electron chi connectivity index (χ3n) is 4.28. The molecule has 0 aliphatic rings. The number of H-pyrrole nitrogens is 1. The van der Waals surface area contributed by atoms with Crippen LogP contribution in [0.2, 0.25) is 5.02 Å². The van der Waals surface area contributed by atoms with Crippen LogP contribution in [-0.2, 0) is 0 Å². The topological polar surface area (TPSA) is 87.7 Å². The molecule has 2 heterocycles. The van der Waals surface area contributed by atoms with Crippen molar-refractivity contribution in [3.63, 3.8) is 0 Å². The van der Waals surface area contributed by atoms with E-state index in [1.807, 2.05) is 60.7 Å². The number of hydrogen-bond donors (Lipinski definition) is 2. The first-order valence-corrected chi connectivity index (χ1v) is 9.17. The molecular formula is C22H15ClN4O2. The molecule has 0 radical (unpaired) electrons. The summed E-state index contributed by atoms with van der Waals surface area (Å²) in [6.07, 6.45) is 1.47. The molecule has 0 aliphatic heterocycles. The second-order valence-electron chi connectivity index (χ2n) is 6.20. The first-order valence-electron chi connectivity index (χ1n) is 8.80. The lowest BCUT2D eigenvalue weighted by atomic mass is 9.95. The highest BCUT2D eigenvalue weighted by molar-refractivity contribution is 6.30. The zero-order valence-electron chi connectivity index (χ0n) is 15.1. The van der Waals surface area contributed by atoms with E-state index < -0.39 is 11.5 Å². The molecule has 0 atom stereocenters. The molecule has 6 nitrogen and oxygen atoms in total. The van der Waals surface area contributed by atoms with E-state index in [1.54, 1.807) is 6.07 Å². The van der Waals surface area contributed by atoms with E-state index in [4.69, 9.17) is 11.6 Å². The third-order valence-corrected chi connectivity index (χ3v) is 4.52. The Labute approximate surface area is 171 Å². The monoisotopic (exact) mass is 402 g/mol. The molecule has 142 valence electrons. The van der Waals surface area contributed by atoms with Gasteiger partial charge in [-0.3, -0.25) is 9.59 Å². The number of anilines is 1. The minimum Gasteiger partial charge on any atom is -0.306 e. The van der Waals surface area contributed by atoms with Crippen molar-refractivity contribution in [3.05, 3.63) is 99.9 Å². The Kier molecular flexibility index (Phi) is 5.18. The summed E-state index contributed by atoms with van der Waals surface area (Å²) in [5.41, 5.74) is 1.78. The maximum absolute atomic E-state index is 13.1. The largest absolute Gasteiger partial charge is 0.306 e. The predicted molar refractivity (Wildman–Crippen MR) is 113 cm³/mol. The van der Waals surface area contributed by atoms with Crippen molar-refractivity contribution >= 4 is 23.3 Å². The fourth-order valence-electron chi connectivity index (χ4n) is 3.01. The van der Waals surface area contributed by atoms with Crippen LogP contribution in [0.3, 0.4) is 0 Å². The van der Waals surface area contributed by atoms with Crippen LogP contribution in [-0.4, -0.2) is 21.1 Å². The molecule has 4 aromatic rings. The normalized spacial score (nSPS) is 10.5. The van der Waals surface area contributed by atoms with Crippen molar-refractivity contribution in [1.29, 1.82) is 0 Å². The Balaban J connectivity index is 1.91. The lowest BCUT2D eigenvalue weighted by molar-refractivity contribution is 0.102. The molecule has 0 fully saturated rings. The summed E-state index contributed by atoms with van der Waals surface area (Å²) in [5.74, 6) is -0.349. The van der Waals surface area contributed by atoms with Crippen LogP contribution >= 0.6 is 11.6 Å². The molecule has 1 amide bonds. The fourth-order valence-corrected chi connectivity index (χ4v) is 3.17. The van der Waals surface area contributed by atoms with Gasteiger partial charge >= 0.3 is 0 Å². The summed E-state index contributed by atoms with van der Waals surface area (Å²) in [7, 11) is 0. The van der Waals surface area contributed by atoms with Gasteiger partial charge in [-0.2, -0.15) is 5.10 Å². The number of aromatic nitrogens is 3. The van der Waals surface area contributed by atoms with Crippen LogP contribution < -0.4 is 10.9 Å². The molecule has 0 spiro atoms. The number of nitrogens with zero attached hydrogens (tertiary/aromatic N) is 2. The molecule has 2 N–H and O–H groups in total. The molecule has 4 rings (SSSR count). The van der Waals surface area contributed by atoms with Crippen LogP contribution in [0.15, 0.2) is 83.8 Å². The minimum atomic E-state index is -0.598. The molecule has 2 aromatic heterocycles. The number of hydrogen-bond acceptors (Lipinski definition) is 4. The third kappa shape index (κ3) is 3.93. The number of carbonyl (C=O) groups excluding carboxylic acids is 1. The van der Waals surface area contributed by atoms with Gasteiger partial charge in [0.05, 0.1) is 5.69 Å². The molecule has 0 saturated heterocycles. The van der Waals surface area contributed by atoms with Gasteiger partial charge in [0.1, 0.15) is 11.4 Å². The molecule has 2 aromatic carbocycles. The van der Waals surface area contributed by atoms with Crippen LogP contribution in [0, 0.1) is 0 Å². The fraction of sp³-hybridized carbons (Fsp3) is 0. The number of amides is 1. The first kappa shape index (κ1) is 18.6. The van der Waals surface area contributed by atoms with E-state index in [0.717, 1.165) is 5.56 Å². The van der Waals surface area contributed by atoms with Crippen molar-refractivity contribution in [3.8, 4) is 22.4 Å². The Morgan fingerprint density at radius 2 is 1.59 bits per heavy atom. The van der Waals surface area contributed by atoms with Gasteiger partial charge in [-0.15, -0.1) is 0 Å². The highest BCUT2D eigenvalue weighted by Gasteiger charge is 2.23. The highest BCUT2D eigenvalue weighted by atomic mass is 35.5. The summed E-state index contributed by atoms with van der Waals surface area (Å²) >= 11 is 5.97. The second kappa shape index (κ2) is 8.08. The quantitative estimate of drug-likeness (QED) is 0.529. The molecule has 29 heavy (non-hydrogen) atoms. The van der Waals surface area contributed by atoms with Crippen molar-refractivity contribution in [2.75, 3.05) is 5.32 Å². The number of benzene rings is 2. The lowest BCUT2D eigenvalue weighted by Crippen LogP contribution is -2.26. The van der Waals surface area contributed by atoms with Crippen molar-refractivity contribution in [2.45, 2.75) is 0 Å². The summed E-state index contributed by atoms with van der Waals surface area (Å²) in [4.78, 5) is 29.8. The number of rotatable bonds is 4. The molecule has 0 aliphatic carbocycles. The maximum Gasteiger partial charge on any atom is 0.277 e. The van der Waals surface area contributed by atoms with Gasteiger partial charge in [-0.1, -0.05) is 72.3 Å². The van der Waals surface area contributed by atoms with Gasteiger partial charge in [-0.05, 0) is 17.7 Å². The SMILES string of the molecule is O=C(Nc1cc(Cl)ccn1)c1c(-c2ccccc2)c(-c2ccccc2)n[nH]c1=O. The average molecular weight is 403 g/mol. The smallest absolute Gasteiger partial charge is 0.277 e. The van der Waals surface area contributed by atoms with E-state index in [9.17, 15) is 9.59 Å². The number of carbonyl (C=O) groups is 1. The van der Waals surface area contributed by atoms with Crippen LogP contribution in [0.4, 0.5) is 5.82 Å². The Bertz CT molecular complexity index is 1220. The zero-order valence-corrected chi connectivity index (χ0v) is 15.9. The van der Waals surface area contributed by atoms with Crippen LogP contribution in [0.25, 0.3) is 22.4 Å². The first-order chi connectivity index (χ1) is 14.1. The van der Waals surface area contributed by atoms with Gasteiger partial charge in [0, 0.05) is 22.3 Å². The summed E-state index contributed by atoms with van der Waals surface area (Å²) < 4.78 is 0. The van der Waals surface area contributed by atoms with Crippen molar-refractivity contribution < 1.29 is 4.79 Å². The predicted octanol–water partition coefficient (Wildman–Crippen LogP) is 4.40. The minimum absolute atomic E-state index is 0.0492. The molecule has 7 heteroatoms. The number of halogens is 1. The Morgan fingerprint density at radius 1 is 0.931 bits per heavy atom. The Hall–Kier alpha value is -3.77. The molecule has 0 saturated carbocycles. The second-order valence-corrected chi connectivity index (χ2v) is 6.63. The van der Waals surface area contributed by atoms with E-state index in [0.29, 0.717) is 21.8 Å². The van der Waals surface area contributed by atoms with Gasteiger partial charge in [0.25, 0.3) is 11.5 Å². The van der Waals surface area contributed by atoms with Gasteiger partial charge in [0.2, 0.25) is 0 Å². The molecule has 0 bridgehead atoms. The van der Waals surface area contributed by atoms with Gasteiger partial charge in [-0.25, -0.2) is 10.1 Å². The lowest BCUT2D eigenvalue weighted by Gasteiger charge is -2.13. The van der Waals surface area contributed by atoms with Crippen LogP contribution in [0.5, 0.6) is 0 Å². The zero-order chi connectivity index (χ0) is 20.2. The van der Waals surface area contributed by atoms with E-state index >= 15 is 0 Å². The summed E-state index contributed by atoms with van der Waals surface area (Å²) in [6, 6.07) is 21.7. The van der Waals surface area contributed by atoms with E-state index in [2.05, 4.69) is 20.5 Å². The van der Waals surface area contributed by atoms with Crippen molar-refractivity contribution in [1.82, 2.24) is 15.2 Å². The molecule has 0 unspecified atom stereocenters. The van der Waals surface area contributed by atoms with E-state index in [1.165, 1.54) is 12.3 Å². The van der Waals surface area contributed by atoms with Gasteiger partial charge < -0.3 is 5.32 Å². The summed E-state index contributed by atoms with van der Waals surface area (Å²) in [5, 5.41) is 9.75. The number of aromatic amines is 1. The molecular weight excluding hydrogens is 388 g/mol. The van der Waals surface area contributed by atoms with Crippen LogP contribution in [0.1, 0.15) is 10.4 Å². The maximum atomic E-state index is 13.1. The van der Waals surface area contributed by atoms with E-state index in [-0.39, 0.29) is 11.4 Å². The highest BCUT2D eigenvalue weighted by Crippen LogP contribution is 2.31. The number of nitrogens with one attached hydrogen (secondary N) is 2. The van der Waals surface area contributed by atoms with Gasteiger partial charge in [0.15, 0.2) is 0 Å².